The second-order valence-corrected chi connectivity index (χ2v) is 6.85. The molecule has 7 nitrogen and oxygen atoms in total. The Morgan fingerprint density at radius 3 is 2.32 bits per heavy atom. The van der Waals surface area contributed by atoms with E-state index >= 15 is 0 Å². The molecule has 0 aliphatic heterocycles. The van der Waals surface area contributed by atoms with Gasteiger partial charge in [0, 0.05) is 6.04 Å². The van der Waals surface area contributed by atoms with Crippen molar-refractivity contribution in [2.45, 2.75) is 32.8 Å². The van der Waals surface area contributed by atoms with Gasteiger partial charge in [0.25, 0.3) is 0 Å². The summed E-state index contributed by atoms with van der Waals surface area (Å²) in [5.74, 6) is -1.32. The maximum absolute atomic E-state index is 13.2. The molecule has 0 aliphatic rings. The number of anilines is 2. The molecule has 0 amide bonds. The molecule has 31 heavy (non-hydrogen) atoms. The van der Waals surface area contributed by atoms with Gasteiger partial charge in [-0.2, -0.15) is 4.98 Å². The number of nitrogens with zero attached hydrogens (tertiary/aromatic N) is 3. The Bertz CT molecular complexity index is 1180. The smallest absolute Gasteiger partial charge is 0.404 e. The van der Waals surface area contributed by atoms with Crippen molar-refractivity contribution in [1.82, 2.24) is 14.1 Å². The Balaban J connectivity index is 2.11. The van der Waals surface area contributed by atoms with E-state index in [1.165, 1.54) is 42.5 Å². The third-order valence-corrected chi connectivity index (χ3v) is 4.23. The van der Waals surface area contributed by atoms with Crippen molar-refractivity contribution < 1.29 is 22.3 Å². The highest BCUT2D eigenvalue weighted by Gasteiger charge is 2.32. The lowest BCUT2D eigenvalue weighted by molar-refractivity contribution is -0.274. The van der Waals surface area contributed by atoms with E-state index in [-0.39, 0.29) is 18.2 Å². The molecule has 2 aromatic carbocycles. The zero-order chi connectivity index (χ0) is 22.8. The van der Waals surface area contributed by atoms with Crippen molar-refractivity contribution in [3.8, 4) is 5.75 Å². The fourth-order valence-corrected chi connectivity index (χ4v) is 2.86. The fourth-order valence-electron chi connectivity index (χ4n) is 2.86. The topological polar surface area (TPSA) is 78.2 Å². The van der Waals surface area contributed by atoms with Gasteiger partial charge in [0.1, 0.15) is 5.82 Å². The lowest BCUT2D eigenvalue weighted by Gasteiger charge is -2.18. The van der Waals surface area contributed by atoms with Crippen LogP contribution < -0.4 is 21.4 Å². The van der Waals surface area contributed by atoms with Crippen molar-refractivity contribution >= 4 is 11.6 Å². The predicted octanol–water partition coefficient (Wildman–Crippen LogP) is 3.82. The lowest BCUT2D eigenvalue weighted by atomic mass is 10.2. The van der Waals surface area contributed by atoms with Gasteiger partial charge in [0.15, 0.2) is 5.75 Å². The molecule has 0 radical (unpaired) electrons. The van der Waals surface area contributed by atoms with Crippen LogP contribution in [-0.4, -0.2) is 20.5 Å². The number of ether oxygens (including phenoxy) is 1. The molecule has 0 saturated carbocycles. The van der Waals surface area contributed by atoms with E-state index in [0.29, 0.717) is 5.56 Å². The van der Waals surface area contributed by atoms with Crippen molar-refractivity contribution in [2.75, 3.05) is 5.32 Å². The van der Waals surface area contributed by atoms with Crippen LogP contribution in [0.5, 0.6) is 5.75 Å². The molecule has 0 bridgehead atoms. The van der Waals surface area contributed by atoms with Gasteiger partial charge in [-0.15, -0.1) is 13.2 Å². The molecule has 11 heteroatoms. The minimum Gasteiger partial charge on any atom is -0.404 e. The van der Waals surface area contributed by atoms with Crippen LogP contribution in [-0.2, 0) is 6.54 Å². The van der Waals surface area contributed by atoms with Gasteiger partial charge >= 0.3 is 17.7 Å². The standard InChI is InChI=1S/C20H18F4N4O3/c1-12(2)28-18(29)26-17(25-15-5-3-4-6-16(15)31-20(22,23)24)27(19(28)30)11-13-7-9-14(21)10-8-13/h3-10,12H,11H2,1-2H3,(H,25,26,29). The maximum Gasteiger partial charge on any atom is 0.573 e. The Hall–Kier alpha value is -3.63. The molecule has 3 aromatic rings. The van der Waals surface area contributed by atoms with Crippen molar-refractivity contribution in [3.05, 3.63) is 80.9 Å². The zero-order valence-corrected chi connectivity index (χ0v) is 16.5. The summed E-state index contributed by atoms with van der Waals surface area (Å²) in [7, 11) is 0. The summed E-state index contributed by atoms with van der Waals surface area (Å²) in [6.07, 6.45) is -4.94. The van der Waals surface area contributed by atoms with Crippen LogP contribution in [0, 0.1) is 5.82 Å². The first-order valence-electron chi connectivity index (χ1n) is 9.15. The Morgan fingerprint density at radius 2 is 1.71 bits per heavy atom. The molecule has 164 valence electrons. The highest BCUT2D eigenvalue weighted by molar-refractivity contribution is 5.62. The number of alkyl halides is 3. The van der Waals surface area contributed by atoms with E-state index in [1.807, 2.05) is 0 Å². The monoisotopic (exact) mass is 438 g/mol. The largest absolute Gasteiger partial charge is 0.573 e. The molecule has 3 rings (SSSR count). The molecular weight excluding hydrogens is 420 g/mol. The first-order chi connectivity index (χ1) is 14.5. The molecule has 0 fully saturated rings. The Labute approximate surface area is 173 Å². The average molecular weight is 438 g/mol. The minimum absolute atomic E-state index is 0.107. The van der Waals surface area contributed by atoms with Gasteiger partial charge in [-0.05, 0) is 43.7 Å². The predicted molar refractivity (Wildman–Crippen MR) is 105 cm³/mol. The quantitative estimate of drug-likeness (QED) is 0.592. The summed E-state index contributed by atoms with van der Waals surface area (Å²) in [6, 6.07) is 9.91. The summed E-state index contributed by atoms with van der Waals surface area (Å²) in [5.41, 5.74) is -1.23. The molecule has 1 aromatic heterocycles. The molecule has 1 N–H and O–H groups in total. The minimum atomic E-state index is -4.94. The Kier molecular flexibility index (Phi) is 6.14. The van der Waals surface area contributed by atoms with Crippen molar-refractivity contribution in [2.24, 2.45) is 0 Å². The van der Waals surface area contributed by atoms with Crippen molar-refractivity contribution in [3.63, 3.8) is 0 Å². The van der Waals surface area contributed by atoms with E-state index in [4.69, 9.17) is 0 Å². The van der Waals surface area contributed by atoms with Crippen LogP contribution in [0.25, 0.3) is 0 Å². The van der Waals surface area contributed by atoms with Gasteiger partial charge in [0.2, 0.25) is 5.95 Å². The molecule has 0 saturated heterocycles. The van der Waals surface area contributed by atoms with E-state index in [9.17, 15) is 27.2 Å². The number of rotatable bonds is 6. The Morgan fingerprint density at radius 1 is 1.06 bits per heavy atom. The van der Waals surface area contributed by atoms with Crippen molar-refractivity contribution in [1.29, 1.82) is 0 Å². The van der Waals surface area contributed by atoms with Gasteiger partial charge in [-0.25, -0.2) is 18.5 Å². The summed E-state index contributed by atoms with van der Waals surface area (Å²) in [6.45, 7) is 3.13. The fraction of sp³-hybridized carbons (Fsp3) is 0.250. The van der Waals surface area contributed by atoms with Gasteiger partial charge < -0.3 is 10.1 Å². The van der Waals surface area contributed by atoms with E-state index in [2.05, 4.69) is 15.0 Å². The second-order valence-electron chi connectivity index (χ2n) is 6.85. The number of aromatic nitrogens is 3. The van der Waals surface area contributed by atoms with E-state index in [0.717, 1.165) is 15.2 Å². The first-order valence-corrected chi connectivity index (χ1v) is 9.15. The number of halogens is 4. The number of hydrogen-bond acceptors (Lipinski definition) is 5. The normalized spacial score (nSPS) is 11.6. The van der Waals surface area contributed by atoms with E-state index in [1.54, 1.807) is 13.8 Å². The summed E-state index contributed by atoms with van der Waals surface area (Å²) in [5, 5.41) is 2.58. The zero-order valence-electron chi connectivity index (χ0n) is 16.5. The molecule has 1 heterocycles. The summed E-state index contributed by atoms with van der Waals surface area (Å²) >= 11 is 0. The van der Waals surface area contributed by atoms with Gasteiger partial charge in [-0.3, -0.25) is 4.57 Å². The highest BCUT2D eigenvalue weighted by atomic mass is 19.4. The number of benzene rings is 2. The maximum atomic E-state index is 13.2. The third kappa shape index (κ3) is 5.30. The second kappa shape index (κ2) is 8.62. The number of nitrogens with one attached hydrogen (secondary N) is 1. The molecule has 0 unspecified atom stereocenters. The molecule has 0 atom stereocenters. The first kappa shape index (κ1) is 22.1. The highest BCUT2D eigenvalue weighted by Crippen LogP contribution is 2.31. The number of hydrogen-bond donors (Lipinski definition) is 1. The SMILES string of the molecule is CC(C)n1c(=O)nc(Nc2ccccc2OC(F)(F)F)n(Cc2ccc(F)cc2)c1=O. The van der Waals surface area contributed by atoms with Crippen LogP contribution >= 0.6 is 0 Å². The third-order valence-electron chi connectivity index (χ3n) is 4.23. The summed E-state index contributed by atoms with van der Waals surface area (Å²) in [4.78, 5) is 29.2. The lowest BCUT2D eigenvalue weighted by Crippen LogP contribution is -2.43. The van der Waals surface area contributed by atoms with Crippen LogP contribution in [0.4, 0.5) is 29.2 Å². The average Bonchev–Trinajstić information content (AvgIpc) is 2.66. The molecule has 0 spiro atoms. The van der Waals surface area contributed by atoms with Crippen LogP contribution in [0.1, 0.15) is 25.5 Å². The molecular formula is C20H18F4N4O3. The van der Waals surface area contributed by atoms with E-state index < -0.39 is 35.4 Å². The van der Waals surface area contributed by atoms with Gasteiger partial charge in [-0.1, -0.05) is 24.3 Å². The van der Waals surface area contributed by atoms with Gasteiger partial charge in [0.05, 0.1) is 12.2 Å². The molecule has 0 aliphatic carbocycles. The van der Waals surface area contributed by atoms with Crippen LogP contribution in [0.2, 0.25) is 0 Å². The van der Waals surface area contributed by atoms with Crippen LogP contribution in [0.3, 0.4) is 0 Å². The number of para-hydroxylation sites is 2. The summed E-state index contributed by atoms with van der Waals surface area (Å²) < 4.78 is 57.4. The van der Waals surface area contributed by atoms with Crippen LogP contribution in [0.15, 0.2) is 58.1 Å².